The molecule has 0 fully saturated rings. The zero-order valence-electron chi connectivity index (χ0n) is 21.5. The number of hydrogen-bond donors (Lipinski definition) is 2. The Balaban J connectivity index is 1.90. The van der Waals surface area contributed by atoms with Crippen LogP contribution in [0, 0.1) is 11.6 Å². The molecule has 2 amide bonds. The largest absolute Gasteiger partial charge is 0.490 e. The number of amides is 2. The fourth-order valence-corrected chi connectivity index (χ4v) is 3.50. The molecule has 16 heteroatoms. The molecule has 218 valence electrons. The number of halogens is 4. The van der Waals surface area contributed by atoms with Gasteiger partial charge in [-0.2, -0.15) is 8.78 Å². The Bertz CT molecular complexity index is 1430. The molecule has 0 bridgehead atoms. The monoisotopic (exact) mass is 580 g/mol. The molecule has 0 spiro atoms. The van der Waals surface area contributed by atoms with Gasteiger partial charge in [-0.3, -0.25) is 4.79 Å². The highest BCUT2D eigenvalue weighted by atomic mass is 19.3. The highest BCUT2D eigenvalue weighted by molar-refractivity contribution is 5.94. The van der Waals surface area contributed by atoms with E-state index in [1.54, 1.807) is 0 Å². The highest BCUT2D eigenvalue weighted by Gasteiger charge is 2.27. The Morgan fingerprint density at radius 2 is 1.95 bits per heavy atom. The third-order valence-corrected chi connectivity index (χ3v) is 5.37. The van der Waals surface area contributed by atoms with E-state index >= 15 is 0 Å². The molecule has 0 radical (unpaired) electrons. The number of carbonyl (C=O) groups excluding carboxylic acids is 2. The standard InChI is InChI=1S/C25H24F4N6O6/c1-13(39-25(30)37)21-20(22(36)32-12-15-4-6-16(26)11-17(15)27)34-23(41-21)14-5-7-18(40-24(28)29)19(10-14)38-9-3-2-8-33-35-31/h4-7,10-11,13,24H,2-3,8-9,12H2,1H3,(H2,30,37)(H,32,36). The maximum absolute atomic E-state index is 14.0. The molecule has 3 aromatic rings. The summed E-state index contributed by atoms with van der Waals surface area (Å²) in [5.74, 6) is -3.30. The van der Waals surface area contributed by atoms with Crippen molar-refractivity contribution in [3.63, 3.8) is 0 Å². The normalized spacial score (nSPS) is 11.5. The molecule has 0 aliphatic heterocycles. The van der Waals surface area contributed by atoms with E-state index in [1.807, 2.05) is 0 Å². The summed E-state index contributed by atoms with van der Waals surface area (Å²) >= 11 is 0. The van der Waals surface area contributed by atoms with Crippen LogP contribution in [0.4, 0.5) is 22.4 Å². The summed E-state index contributed by atoms with van der Waals surface area (Å²) in [5, 5.41) is 5.82. The average molecular weight is 580 g/mol. The van der Waals surface area contributed by atoms with Crippen molar-refractivity contribution in [2.75, 3.05) is 13.2 Å². The third kappa shape index (κ3) is 8.76. The van der Waals surface area contributed by atoms with Crippen LogP contribution in [-0.4, -0.2) is 36.7 Å². The lowest BCUT2D eigenvalue weighted by molar-refractivity contribution is -0.0515. The Hall–Kier alpha value is -4.98. The minimum Gasteiger partial charge on any atom is -0.490 e. The number of carbonyl (C=O) groups is 2. The van der Waals surface area contributed by atoms with Gasteiger partial charge in [-0.1, -0.05) is 11.2 Å². The first-order valence-electron chi connectivity index (χ1n) is 12.0. The first-order chi connectivity index (χ1) is 19.6. The molecule has 3 rings (SSSR count). The Morgan fingerprint density at radius 3 is 2.63 bits per heavy atom. The van der Waals surface area contributed by atoms with Gasteiger partial charge in [0.15, 0.2) is 29.1 Å². The van der Waals surface area contributed by atoms with Gasteiger partial charge in [-0.25, -0.2) is 18.6 Å². The molecule has 0 aliphatic carbocycles. The van der Waals surface area contributed by atoms with Gasteiger partial charge in [0.1, 0.15) is 11.6 Å². The summed E-state index contributed by atoms with van der Waals surface area (Å²) in [6.07, 6.45) is -1.44. The van der Waals surface area contributed by atoms with Crippen LogP contribution in [0.1, 0.15) is 47.7 Å². The van der Waals surface area contributed by atoms with Gasteiger partial charge in [0, 0.05) is 35.2 Å². The number of nitrogens with two attached hydrogens (primary N) is 1. The molecule has 0 saturated carbocycles. The van der Waals surface area contributed by atoms with Crippen molar-refractivity contribution in [1.29, 1.82) is 0 Å². The number of primary amides is 1. The zero-order chi connectivity index (χ0) is 29.9. The van der Waals surface area contributed by atoms with E-state index in [-0.39, 0.29) is 59.7 Å². The van der Waals surface area contributed by atoms with Crippen molar-refractivity contribution in [2.45, 2.75) is 39.0 Å². The Labute approximate surface area is 230 Å². The number of ether oxygens (including phenoxy) is 3. The third-order valence-electron chi connectivity index (χ3n) is 5.37. The molecule has 12 nitrogen and oxygen atoms in total. The molecule has 41 heavy (non-hydrogen) atoms. The second-order valence-electron chi connectivity index (χ2n) is 8.28. The predicted octanol–water partition coefficient (Wildman–Crippen LogP) is 5.78. The molecular formula is C25H24F4N6O6. The van der Waals surface area contributed by atoms with Gasteiger partial charge < -0.3 is 29.7 Å². The molecule has 0 saturated heterocycles. The van der Waals surface area contributed by atoms with Crippen molar-refractivity contribution >= 4 is 12.0 Å². The molecule has 1 aromatic heterocycles. The second-order valence-corrected chi connectivity index (χ2v) is 8.28. The maximum atomic E-state index is 14.0. The van der Waals surface area contributed by atoms with Crippen LogP contribution >= 0.6 is 0 Å². The van der Waals surface area contributed by atoms with Gasteiger partial charge >= 0.3 is 12.7 Å². The van der Waals surface area contributed by atoms with E-state index in [2.05, 4.69) is 25.1 Å². The van der Waals surface area contributed by atoms with Crippen LogP contribution in [0.25, 0.3) is 21.9 Å². The molecule has 2 aromatic carbocycles. The van der Waals surface area contributed by atoms with Crippen molar-refractivity contribution < 1.29 is 45.8 Å². The number of oxazole rings is 1. The average Bonchev–Trinajstić information content (AvgIpc) is 3.36. The van der Waals surface area contributed by atoms with E-state index in [4.69, 9.17) is 25.2 Å². The summed E-state index contributed by atoms with van der Waals surface area (Å²) < 4.78 is 73.8. The molecule has 1 unspecified atom stereocenters. The number of azide groups is 1. The van der Waals surface area contributed by atoms with Crippen LogP contribution in [0.2, 0.25) is 0 Å². The van der Waals surface area contributed by atoms with E-state index < -0.39 is 36.4 Å². The van der Waals surface area contributed by atoms with Gasteiger partial charge in [0.05, 0.1) is 6.61 Å². The van der Waals surface area contributed by atoms with Crippen molar-refractivity contribution in [3.05, 3.63) is 75.5 Å². The first kappa shape index (κ1) is 30.6. The van der Waals surface area contributed by atoms with Crippen LogP contribution < -0.4 is 20.5 Å². The number of aromatic nitrogens is 1. The topological polar surface area (TPSA) is 175 Å². The lowest BCUT2D eigenvalue weighted by Crippen LogP contribution is -2.26. The number of rotatable bonds is 14. The fraction of sp³-hybridized carbons (Fsp3) is 0.320. The number of alkyl halides is 2. The summed E-state index contributed by atoms with van der Waals surface area (Å²) in [6.45, 7) is -1.83. The number of unbranched alkanes of at least 4 members (excludes halogenated alkanes) is 1. The molecular weight excluding hydrogens is 556 g/mol. The van der Waals surface area contributed by atoms with Gasteiger partial charge in [-0.15, -0.1) is 0 Å². The Kier molecular flexibility index (Phi) is 10.7. The van der Waals surface area contributed by atoms with E-state index in [9.17, 15) is 27.2 Å². The summed E-state index contributed by atoms with van der Waals surface area (Å²) in [7, 11) is 0. The fourth-order valence-electron chi connectivity index (χ4n) is 3.50. The lowest BCUT2D eigenvalue weighted by atomic mass is 10.2. The predicted molar refractivity (Wildman–Crippen MR) is 134 cm³/mol. The minimum atomic E-state index is -3.14. The van der Waals surface area contributed by atoms with Gasteiger partial charge in [0.2, 0.25) is 5.89 Å². The first-order valence-corrected chi connectivity index (χ1v) is 12.0. The Morgan fingerprint density at radius 1 is 1.17 bits per heavy atom. The lowest BCUT2D eigenvalue weighted by Gasteiger charge is -2.13. The quantitative estimate of drug-likeness (QED) is 0.0799. The summed E-state index contributed by atoms with van der Waals surface area (Å²) in [6, 6.07) is 6.62. The molecule has 0 aliphatic rings. The highest BCUT2D eigenvalue weighted by Crippen LogP contribution is 2.35. The van der Waals surface area contributed by atoms with E-state index in [0.29, 0.717) is 18.9 Å². The van der Waals surface area contributed by atoms with Gasteiger partial charge in [0.25, 0.3) is 5.91 Å². The minimum absolute atomic E-state index is 0.0118. The molecule has 1 atom stereocenters. The smallest absolute Gasteiger partial charge is 0.405 e. The molecule has 1 heterocycles. The second kappa shape index (κ2) is 14.4. The van der Waals surface area contributed by atoms with Crippen LogP contribution in [-0.2, 0) is 11.3 Å². The summed E-state index contributed by atoms with van der Waals surface area (Å²) in [5.41, 5.74) is 13.2. The number of nitrogens with one attached hydrogen (secondary N) is 1. The van der Waals surface area contributed by atoms with Crippen LogP contribution in [0.15, 0.2) is 45.9 Å². The van der Waals surface area contributed by atoms with Gasteiger partial charge in [-0.05, 0) is 49.6 Å². The SMILES string of the molecule is CC(OC(N)=O)c1oc(-c2ccc(OC(F)F)c(OCCCCN=[N+]=[N-])c2)nc1C(=O)NCc1ccc(F)cc1F. The number of hydrogen-bond acceptors (Lipinski definition) is 8. The number of nitrogens with zero attached hydrogens (tertiary/aromatic N) is 4. The number of benzene rings is 2. The van der Waals surface area contributed by atoms with Crippen molar-refractivity contribution in [1.82, 2.24) is 10.3 Å². The van der Waals surface area contributed by atoms with E-state index in [1.165, 1.54) is 25.1 Å². The van der Waals surface area contributed by atoms with Crippen LogP contribution in [0.5, 0.6) is 11.5 Å². The van der Waals surface area contributed by atoms with E-state index in [0.717, 1.165) is 12.1 Å². The maximum Gasteiger partial charge on any atom is 0.405 e. The van der Waals surface area contributed by atoms with Crippen molar-refractivity contribution in [2.24, 2.45) is 10.8 Å². The molecule has 3 N–H and O–H groups in total. The summed E-state index contributed by atoms with van der Waals surface area (Å²) in [4.78, 5) is 31.1. The van der Waals surface area contributed by atoms with Crippen molar-refractivity contribution in [3.8, 4) is 23.0 Å². The zero-order valence-corrected chi connectivity index (χ0v) is 21.5. The van der Waals surface area contributed by atoms with Crippen LogP contribution in [0.3, 0.4) is 0 Å².